The zero-order chi connectivity index (χ0) is 15.9. The van der Waals surface area contributed by atoms with E-state index >= 15 is 0 Å². The third-order valence-electron chi connectivity index (χ3n) is 4.50. The van der Waals surface area contributed by atoms with Crippen molar-refractivity contribution in [2.24, 2.45) is 5.92 Å². The highest BCUT2D eigenvalue weighted by Crippen LogP contribution is 2.31. The second-order valence-corrected chi connectivity index (χ2v) is 6.72. The van der Waals surface area contributed by atoms with Gasteiger partial charge in [-0.15, -0.1) is 0 Å². The average molecular weight is 299 g/mol. The molecule has 1 fully saturated rings. The summed E-state index contributed by atoms with van der Waals surface area (Å²) in [6.45, 7) is 4.75. The highest BCUT2D eigenvalue weighted by Gasteiger charge is 2.39. The van der Waals surface area contributed by atoms with Crippen molar-refractivity contribution in [3.63, 3.8) is 0 Å². The number of hydrogen-bond donors (Lipinski definition) is 0. The first kappa shape index (κ1) is 14.9. The molecule has 0 aromatic heterocycles. The zero-order valence-corrected chi connectivity index (χ0v) is 13.1. The number of ketones is 2. The van der Waals surface area contributed by atoms with Crippen LogP contribution in [0.25, 0.3) is 0 Å². The number of carbonyl (C=O) groups is 3. The molecule has 3 rings (SSSR count). The van der Waals surface area contributed by atoms with Crippen LogP contribution in [-0.4, -0.2) is 28.4 Å². The summed E-state index contributed by atoms with van der Waals surface area (Å²) in [5.41, 5.74) is 2.85. The van der Waals surface area contributed by atoms with E-state index in [1.54, 1.807) is 4.90 Å². The van der Waals surface area contributed by atoms with Crippen LogP contribution >= 0.6 is 0 Å². The SMILES string of the molecule is CC(C)Cc1cccc2c1C(=O)N(C1CCC(=O)CC1=O)C2. The lowest BCUT2D eigenvalue weighted by Crippen LogP contribution is -2.44. The standard InChI is InChI=1S/C18H21NO3/c1-11(2)8-12-4-3-5-13-10-19(18(22)17(12)13)15-7-6-14(20)9-16(15)21/h3-5,11,15H,6-10H2,1-2H3. The summed E-state index contributed by atoms with van der Waals surface area (Å²) < 4.78 is 0. The lowest BCUT2D eigenvalue weighted by Gasteiger charge is -2.29. The van der Waals surface area contributed by atoms with Gasteiger partial charge < -0.3 is 4.90 Å². The molecule has 0 saturated heterocycles. The fourth-order valence-corrected chi connectivity index (χ4v) is 3.51. The molecule has 0 radical (unpaired) electrons. The minimum atomic E-state index is -0.426. The molecule has 1 heterocycles. The number of fused-ring (bicyclic) bond motifs is 1. The molecule has 22 heavy (non-hydrogen) atoms. The maximum absolute atomic E-state index is 12.8. The van der Waals surface area contributed by atoms with Crippen LogP contribution in [0.5, 0.6) is 0 Å². The van der Waals surface area contributed by atoms with Gasteiger partial charge in [-0.25, -0.2) is 0 Å². The van der Waals surface area contributed by atoms with Gasteiger partial charge in [-0.2, -0.15) is 0 Å². The van der Waals surface area contributed by atoms with Gasteiger partial charge in [-0.1, -0.05) is 32.0 Å². The van der Waals surface area contributed by atoms with E-state index in [4.69, 9.17) is 0 Å². The van der Waals surface area contributed by atoms with Crippen LogP contribution in [0.15, 0.2) is 18.2 Å². The van der Waals surface area contributed by atoms with Crippen LogP contribution in [0, 0.1) is 5.92 Å². The van der Waals surface area contributed by atoms with E-state index in [-0.39, 0.29) is 23.9 Å². The quantitative estimate of drug-likeness (QED) is 0.806. The highest BCUT2D eigenvalue weighted by molar-refractivity contribution is 6.07. The number of benzene rings is 1. The molecule has 0 bridgehead atoms. The molecule has 4 heteroatoms. The summed E-state index contributed by atoms with van der Waals surface area (Å²) in [7, 11) is 0. The summed E-state index contributed by atoms with van der Waals surface area (Å²) in [5, 5.41) is 0. The summed E-state index contributed by atoms with van der Waals surface area (Å²) in [6.07, 6.45) is 1.70. The molecule has 1 aliphatic carbocycles. The second kappa shape index (κ2) is 5.67. The summed E-state index contributed by atoms with van der Waals surface area (Å²) in [4.78, 5) is 38.0. The highest BCUT2D eigenvalue weighted by atomic mass is 16.2. The summed E-state index contributed by atoms with van der Waals surface area (Å²) >= 11 is 0. The van der Waals surface area contributed by atoms with Gasteiger partial charge in [-0.05, 0) is 29.9 Å². The molecular weight excluding hydrogens is 278 g/mol. The lowest BCUT2D eigenvalue weighted by atomic mass is 9.92. The van der Waals surface area contributed by atoms with Gasteiger partial charge in [0.15, 0.2) is 5.78 Å². The van der Waals surface area contributed by atoms with Gasteiger partial charge in [0.2, 0.25) is 0 Å². The third kappa shape index (κ3) is 2.58. The molecule has 1 amide bonds. The molecule has 1 aromatic rings. The minimum absolute atomic E-state index is 0.00842. The van der Waals surface area contributed by atoms with Crippen molar-refractivity contribution in [3.8, 4) is 0 Å². The molecule has 116 valence electrons. The van der Waals surface area contributed by atoms with E-state index in [0.29, 0.717) is 25.3 Å². The van der Waals surface area contributed by atoms with Crippen LogP contribution in [0.4, 0.5) is 0 Å². The van der Waals surface area contributed by atoms with Crippen molar-refractivity contribution in [2.75, 3.05) is 0 Å². The maximum Gasteiger partial charge on any atom is 0.255 e. The summed E-state index contributed by atoms with van der Waals surface area (Å²) in [6, 6.07) is 5.53. The first-order chi connectivity index (χ1) is 10.5. The number of rotatable bonds is 3. The Labute approximate surface area is 130 Å². The van der Waals surface area contributed by atoms with E-state index < -0.39 is 6.04 Å². The smallest absolute Gasteiger partial charge is 0.255 e. The second-order valence-electron chi connectivity index (χ2n) is 6.72. The van der Waals surface area contributed by atoms with Gasteiger partial charge >= 0.3 is 0 Å². The average Bonchev–Trinajstić information content (AvgIpc) is 2.76. The maximum atomic E-state index is 12.8. The molecule has 1 saturated carbocycles. The van der Waals surface area contributed by atoms with Crippen LogP contribution in [0.3, 0.4) is 0 Å². The van der Waals surface area contributed by atoms with Crippen LogP contribution in [-0.2, 0) is 22.6 Å². The predicted octanol–water partition coefficient (Wildman–Crippen LogP) is 2.53. The van der Waals surface area contributed by atoms with Crippen LogP contribution < -0.4 is 0 Å². The third-order valence-corrected chi connectivity index (χ3v) is 4.50. The fraction of sp³-hybridized carbons (Fsp3) is 0.500. The molecule has 0 spiro atoms. The Hall–Kier alpha value is -1.97. The largest absolute Gasteiger partial charge is 0.324 e. The number of amides is 1. The first-order valence-electron chi connectivity index (χ1n) is 7.93. The Morgan fingerprint density at radius 2 is 2.00 bits per heavy atom. The van der Waals surface area contributed by atoms with E-state index in [1.165, 1.54) is 0 Å². The van der Waals surface area contributed by atoms with Crippen LogP contribution in [0.1, 0.15) is 54.6 Å². The minimum Gasteiger partial charge on any atom is -0.324 e. The predicted molar refractivity (Wildman–Crippen MR) is 82.5 cm³/mol. The number of hydrogen-bond acceptors (Lipinski definition) is 3. The monoisotopic (exact) mass is 299 g/mol. The Balaban J connectivity index is 1.88. The van der Waals surface area contributed by atoms with E-state index in [9.17, 15) is 14.4 Å². The Morgan fingerprint density at radius 3 is 2.68 bits per heavy atom. The van der Waals surface area contributed by atoms with Gasteiger partial charge in [0.05, 0.1) is 12.5 Å². The van der Waals surface area contributed by atoms with Gasteiger partial charge in [0, 0.05) is 18.5 Å². The molecule has 1 atom stereocenters. The summed E-state index contributed by atoms with van der Waals surface area (Å²) in [5.74, 6) is 0.315. The lowest BCUT2D eigenvalue weighted by molar-refractivity contribution is -0.133. The number of carbonyl (C=O) groups excluding carboxylic acids is 3. The molecule has 1 unspecified atom stereocenters. The Morgan fingerprint density at radius 1 is 1.23 bits per heavy atom. The molecule has 1 aromatic carbocycles. The van der Waals surface area contributed by atoms with Gasteiger partial charge in [0.25, 0.3) is 5.91 Å². The van der Waals surface area contributed by atoms with E-state index in [0.717, 1.165) is 23.1 Å². The topological polar surface area (TPSA) is 54.5 Å². The number of Topliss-reactive ketones (excluding diaryl/α,β-unsaturated/α-hetero) is 2. The van der Waals surface area contributed by atoms with Crippen molar-refractivity contribution in [3.05, 3.63) is 34.9 Å². The normalized spacial score (nSPS) is 21.7. The van der Waals surface area contributed by atoms with Gasteiger partial charge in [0.1, 0.15) is 5.78 Å². The van der Waals surface area contributed by atoms with Crippen molar-refractivity contribution in [1.29, 1.82) is 0 Å². The zero-order valence-electron chi connectivity index (χ0n) is 13.1. The van der Waals surface area contributed by atoms with Crippen molar-refractivity contribution < 1.29 is 14.4 Å². The van der Waals surface area contributed by atoms with Crippen molar-refractivity contribution in [1.82, 2.24) is 4.90 Å². The molecule has 1 aliphatic heterocycles. The molecule has 4 nitrogen and oxygen atoms in total. The van der Waals surface area contributed by atoms with Crippen molar-refractivity contribution >= 4 is 17.5 Å². The number of nitrogens with zero attached hydrogens (tertiary/aromatic N) is 1. The van der Waals surface area contributed by atoms with Crippen molar-refractivity contribution in [2.45, 2.75) is 52.1 Å². The van der Waals surface area contributed by atoms with E-state index in [2.05, 4.69) is 13.8 Å². The Kier molecular flexibility index (Phi) is 3.85. The Bertz CT molecular complexity index is 648. The fourth-order valence-electron chi connectivity index (χ4n) is 3.51. The molecular formula is C18H21NO3. The van der Waals surface area contributed by atoms with Crippen LogP contribution in [0.2, 0.25) is 0 Å². The molecule has 0 N–H and O–H groups in total. The first-order valence-corrected chi connectivity index (χ1v) is 7.93. The van der Waals surface area contributed by atoms with E-state index in [1.807, 2.05) is 18.2 Å². The van der Waals surface area contributed by atoms with Gasteiger partial charge in [-0.3, -0.25) is 14.4 Å². The molecule has 2 aliphatic rings.